The van der Waals surface area contributed by atoms with Crippen LogP contribution in [0.3, 0.4) is 0 Å². The van der Waals surface area contributed by atoms with Gasteiger partial charge in [-0.15, -0.1) is 5.10 Å². The Labute approximate surface area is 118 Å². The summed E-state index contributed by atoms with van der Waals surface area (Å²) < 4.78 is 5.32. The average molecular weight is 275 g/mol. The van der Waals surface area contributed by atoms with E-state index in [1.165, 1.54) is 0 Å². The largest absolute Gasteiger partial charge is 0.469 e. The van der Waals surface area contributed by atoms with Gasteiger partial charge in [-0.1, -0.05) is 0 Å². The molecule has 0 radical (unpaired) electrons. The molecule has 6 nitrogen and oxygen atoms in total. The van der Waals surface area contributed by atoms with Gasteiger partial charge in [0.1, 0.15) is 11.6 Å². The van der Waals surface area contributed by atoms with Crippen LogP contribution in [0.5, 0.6) is 0 Å². The van der Waals surface area contributed by atoms with Gasteiger partial charge in [0.15, 0.2) is 0 Å². The zero-order valence-electron chi connectivity index (χ0n) is 11.7. The Kier molecular flexibility index (Phi) is 3.73. The van der Waals surface area contributed by atoms with Gasteiger partial charge in [0, 0.05) is 31.5 Å². The van der Waals surface area contributed by atoms with E-state index in [1.807, 2.05) is 12.1 Å². The molecular weight excluding hydrogens is 254 g/mol. The van der Waals surface area contributed by atoms with Crippen molar-refractivity contribution in [3.63, 3.8) is 0 Å². The smallest absolute Gasteiger partial charge is 0.244 e. The predicted octanol–water partition coefficient (Wildman–Crippen LogP) is 1.50. The van der Waals surface area contributed by atoms with Crippen molar-refractivity contribution in [2.75, 3.05) is 11.4 Å². The summed E-state index contributed by atoms with van der Waals surface area (Å²) in [7, 11) is 0. The highest BCUT2D eigenvalue weighted by atomic mass is 16.3. The quantitative estimate of drug-likeness (QED) is 0.883. The van der Waals surface area contributed by atoms with E-state index in [0.29, 0.717) is 0 Å². The fourth-order valence-corrected chi connectivity index (χ4v) is 2.68. The third-order valence-corrected chi connectivity index (χ3v) is 4.01. The Bertz CT molecular complexity index is 536. The second-order valence-electron chi connectivity index (χ2n) is 5.40. The third kappa shape index (κ3) is 2.70. The van der Waals surface area contributed by atoms with E-state index < -0.39 is 0 Å². The van der Waals surface area contributed by atoms with Crippen molar-refractivity contribution in [1.29, 1.82) is 0 Å². The molecule has 1 aliphatic rings. The highest BCUT2D eigenvalue weighted by Gasteiger charge is 2.27. The van der Waals surface area contributed by atoms with E-state index in [2.05, 4.69) is 27.0 Å². The Morgan fingerprint density at radius 3 is 3.20 bits per heavy atom. The minimum Gasteiger partial charge on any atom is -0.469 e. The van der Waals surface area contributed by atoms with Crippen LogP contribution in [0.4, 0.5) is 5.95 Å². The number of nitrogens with two attached hydrogens (primary N) is 1. The number of aromatic amines is 1. The minimum atomic E-state index is 0.203. The van der Waals surface area contributed by atoms with Crippen LogP contribution in [-0.4, -0.2) is 33.8 Å². The maximum atomic E-state index is 6.12. The van der Waals surface area contributed by atoms with Gasteiger partial charge >= 0.3 is 0 Å². The van der Waals surface area contributed by atoms with Gasteiger partial charge in [0.2, 0.25) is 5.95 Å². The van der Waals surface area contributed by atoms with E-state index in [9.17, 15) is 0 Å². The molecule has 108 valence electrons. The highest BCUT2D eigenvalue weighted by molar-refractivity contribution is 5.32. The van der Waals surface area contributed by atoms with Gasteiger partial charge in [-0.3, -0.25) is 5.10 Å². The van der Waals surface area contributed by atoms with E-state index >= 15 is 0 Å². The summed E-state index contributed by atoms with van der Waals surface area (Å²) in [6, 6.07) is 4.37. The second kappa shape index (κ2) is 5.66. The molecule has 20 heavy (non-hydrogen) atoms. The molecule has 0 aromatic carbocycles. The number of nitrogens with zero attached hydrogens (tertiary/aromatic N) is 3. The van der Waals surface area contributed by atoms with E-state index in [-0.39, 0.29) is 12.1 Å². The van der Waals surface area contributed by atoms with Crippen molar-refractivity contribution < 1.29 is 4.42 Å². The van der Waals surface area contributed by atoms with Crippen LogP contribution in [-0.2, 0) is 12.8 Å². The van der Waals surface area contributed by atoms with Gasteiger partial charge in [0.25, 0.3) is 0 Å². The minimum absolute atomic E-state index is 0.203. The molecule has 2 atom stereocenters. The maximum Gasteiger partial charge on any atom is 0.244 e. The summed E-state index contributed by atoms with van der Waals surface area (Å²) in [4.78, 5) is 6.78. The van der Waals surface area contributed by atoms with E-state index in [0.717, 1.165) is 49.8 Å². The lowest BCUT2D eigenvalue weighted by Crippen LogP contribution is -2.50. The van der Waals surface area contributed by atoms with E-state index in [1.54, 1.807) is 6.26 Å². The van der Waals surface area contributed by atoms with Crippen LogP contribution < -0.4 is 10.6 Å². The Morgan fingerprint density at radius 1 is 1.50 bits per heavy atom. The van der Waals surface area contributed by atoms with Crippen LogP contribution >= 0.6 is 0 Å². The number of anilines is 1. The number of rotatable bonds is 4. The van der Waals surface area contributed by atoms with Crippen molar-refractivity contribution in [2.24, 2.45) is 5.73 Å². The summed E-state index contributed by atoms with van der Waals surface area (Å²) in [5.41, 5.74) is 6.12. The SMILES string of the molecule is CC1C(N)CCCN1c1n[nH]c(CCc2ccco2)n1. The van der Waals surface area contributed by atoms with Crippen molar-refractivity contribution >= 4 is 5.95 Å². The fraction of sp³-hybridized carbons (Fsp3) is 0.571. The first kappa shape index (κ1) is 13.2. The zero-order chi connectivity index (χ0) is 13.9. The molecule has 0 bridgehead atoms. The molecule has 0 saturated carbocycles. The van der Waals surface area contributed by atoms with Crippen molar-refractivity contribution in [3.05, 3.63) is 30.0 Å². The van der Waals surface area contributed by atoms with Crippen LogP contribution in [0.2, 0.25) is 0 Å². The molecule has 1 fully saturated rings. The zero-order valence-corrected chi connectivity index (χ0v) is 11.7. The highest BCUT2D eigenvalue weighted by Crippen LogP contribution is 2.20. The second-order valence-corrected chi connectivity index (χ2v) is 5.40. The molecule has 3 rings (SSSR count). The van der Waals surface area contributed by atoms with Crippen molar-refractivity contribution in [1.82, 2.24) is 15.2 Å². The summed E-state index contributed by atoms with van der Waals surface area (Å²) >= 11 is 0. The third-order valence-electron chi connectivity index (χ3n) is 4.01. The number of aryl methyl sites for hydroxylation is 2. The molecule has 0 spiro atoms. The number of nitrogens with one attached hydrogen (secondary N) is 1. The summed E-state index contributed by atoms with van der Waals surface area (Å²) in [5, 5.41) is 7.34. The molecule has 2 aromatic heterocycles. The number of hydrogen-bond donors (Lipinski definition) is 2. The topological polar surface area (TPSA) is 84.0 Å². The molecule has 3 N–H and O–H groups in total. The van der Waals surface area contributed by atoms with Crippen LogP contribution in [0.1, 0.15) is 31.4 Å². The lowest BCUT2D eigenvalue weighted by molar-refractivity contribution is 0.416. The van der Waals surface area contributed by atoms with Crippen LogP contribution in [0.15, 0.2) is 22.8 Å². The molecular formula is C14H21N5O. The number of piperidine rings is 1. The first-order chi connectivity index (χ1) is 9.74. The average Bonchev–Trinajstić information content (AvgIpc) is 3.10. The summed E-state index contributed by atoms with van der Waals surface area (Å²) in [5.74, 6) is 2.63. The molecule has 0 amide bonds. The monoisotopic (exact) mass is 275 g/mol. The number of aromatic nitrogens is 3. The predicted molar refractivity (Wildman–Crippen MR) is 76.5 cm³/mol. The number of hydrogen-bond acceptors (Lipinski definition) is 5. The maximum absolute atomic E-state index is 6.12. The number of furan rings is 1. The van der Waals surface area contributed by atoms with Gasteiger partial charge in [-0.2, -0.15) is 4.98 Å². The first-order valence-corrected chi connectivity index (χ1v) is 7.20. The van der Waals surface area contributed by atoms with Gasteiger partial charge < -0.3 is 15.1 Å². The van der Waals surface area contributed by atoms with E-state index in [4.69, 9.17) is 10.2 Å². The summed E-state index contributed by atoms with van der Waals surface area (Å²) in [6.45, 7) is 3.12. The fourth-order valence-electron chi connectivity index (χ4n) is 2.68. The normalized spacial score (nSPS) is 23.2. The first-order valence-electron chi connectivity index (χ1n) is 7.20. The molecule has 1 saturated heterocycles. The van der Waals surface area contributed by atoms with Crippen LogP contribution in [0.25, 0.3) is 0 Å². The molecule has 6 heteroatoms. The Hall–Kier alpha value is -1.82. The molecule has 2 aromatic rings. The Balaban J connectivity index is 1.64. The molecule has 0 aliphatic carbocycles. The molecule has 1 aliphatic heterocycles. The van der Waals surface area contributed by atoms with Gasteiger partial charge in [0.05, 0.1) is 6.26 Å². The molecule has 3 heterocycles. The van der Waals surface area contributed by atoms with Gasteiger partial charge in [-0.05, 0) is 31.9 Å². The standard InChI is InChI=1S/C14H21N5O/c1-10-12(15)5-2-8-19(10)14-16-13(17-18-14)7-6-11-4-3-9-20-11/h3-4,9-10,12H,2,5-8,15H2,1H3,(H,16,17,18). The molecule has 2 unspecified atom stereocenters. The Morgan fingerprint density at radius 2 is 2.40 bits per heavy atom. The lowest BCUT2D eigenvalue weighted by atomic mass is 9.99. The van der Waals surface area contributed by atoms with Crippen molar-refractivity contribution in [2.45, 2.75) is 44.7 Å². The number of H-pyrrole nitrogens is 1. The summed E-state index contributed by atoms with van der Waals surface area (Å²) in [6.07, 6.45) is 5.50. The van der Waals surface area contributed by atoms with Gasteiger partial charge in [-0.25, -0.2) is 0 Å². The van der Waals surface area contributed by atoms with Crippen LogP contribution in [0, 0.1) is 0 Å². The van der Waals surface area contributed by atoms with Crippen molar-refractivity contribution in [3.8, 4) is 0 Å². The lowest BCUT2D eigenvalue weighted by Gasteiger charge is -2.36.